The Morgan fingerprint density at radius 2 is 2.11 bits per heavy atom. The highest BCUT2D eigenvalue weighted by atomic mass is 79.9. The van der Waals surface area contributed by atoms with E-state index in [-0.39, 0.29) is 5.91 Å². The largest absolute Gasteiger partial charge is 0.369 e. The van der Waals surface area contributed by atoms with Gasteiger partial charge in [0.1, 0.15) is 16.2 Å². The lowest BCUT2D eigenvalue weighted by atomic mass is 9.92. The number of hydrogen-bond donors (Lipinski definition) is 2. The highest BCUT2D eigenvalue weighted by Crippen LogP contribution is 2.18. The topological polar surface area (TPSA) is 66.9 Å². The molecule has 1 rings (SSSR count). The Balaban J connectivity index is 2.74. The van der Waals surface area contributed by atoms with Crippen molar-refractivity contribution in [3.05, 3.63) is 16.5 Å². The summed E-state index contributed by atoms with van der Waals surface area (Å²) in [5, 5.41) is 5.83. The second kappa shape index (κ2) is 6.13. The molecule has 0 aliphatic carbocycles. The van der Waals surface area contributed by atoms with E-state index in [0.717, 1.165) is 22.7 Å². The summed E-state index contributed by atoms with van der Waals surface area (Å²) in [6.07, 6.45) is 0.771. The Hall–Kier alpha value is -1.17. The SMILES string of the molecule is CCc1nc(Br)cc(NCC(C)(C)C(=O)NC)n1. The maximum atomic E-state index is 11.7. The van der Waals surface area contributed by atoms with Gasteiger partial charge in [0, 0.05) is 26.1 Å². The molecule has 0 spiro atoms. The number of nitrogens with one attached hydrogen (secondary N) is 2. The summed E-state index contributed by atoms with van der Waals surface area (Å²) in [5.41, 5.74) is -0.488. The first-order valence-corrected chi connectivity index (χ1v) is 6.68. The molecule has 0 fully saturated rings. The van der Waals surface area contributed by atoms with Gasteiger partial charge in [-0.25, -0.2) is 9.97 Å². The number of nitrogens with zero attached hydrogens (tertiary/aromatic N) is 2. The van der Waals surface area contributed by atoms with E-state index in [1.165, 1.54) is 0 Å². The molecule has 0 radical (unpaired) electrons. The second-order valence-corrected chi connectivity index (χ2v) is 5.47. The predicted octanol–water partition coefficient (Wildman–Crippen LogP) is 1.99. The summed E-state index contributed by atoms with van der Waals surface area (Å²) >= 11 is 3.35. The average molecular weight is 315 g/mol. The van der Waals surface area contributed by atoms with Crippen LogP contribution in [0.5, 0.6) is 0 Å². The third kappa shape index (κ3) is 3.94. The molecule has 1 heterocycles. The molecule has 0 bridgehead atoms. The molecule has 5 nitrogen and oxygen atoms in total. The first-order valence-electron chi connectivity index (χ1n) is 5.88. The van der Waals surface area contributed by atoms with Crippen LogP contribution < -0.4 is 10.6 Å². The number of aromatic nitrogens is 2. The van der Waals surface area contributed by atoms with Crippen molar-refractivity contribution in [1.82, 2.24) is 15.3 Å². The number of amides is 1. The molecule has 0 aliphatic rings. The van der Waals surface area contributed by atoms with Crippen LogP contribution in [0.3, 0.4) is 0 Å². The van der Waals surface area contributed by atoms with Gasteiger partial charge in [0.25, 0.3) is 0 Å². The number of hydrogen-bond acceptors (Lipinski definition) is 4. The summed E-state index contributed by atoms with van der Waals surface area (Å²) in [7, 11) is 1.64. The Bertz CT molecular complexity index is 434. The molecule has 6 heteroatoms. The fraction of sp³-hybridized carbons (Fsp3) is 0.583. The number of carbonyl (C=O) groups excluding carboxylic acids is 1. The summed E-state index contributed by atoms with van der Waals surface area (Å²) in [5.74, 6) is 1.49. The molecule has 18 heavy (non-hydrogen) atoms. The van der Waals surface area contributed by atoms with Crippen LogP contribution in [0.15, 0.2) is 10.7 Å². The fourth-order valence-electron chi connectivity index (χ4n) is 1.44. The molecule has 0 atom stereocenters. The van der Waals surface area contributed by atoms with Gasteiger partial charge in [-0.1, -0.05) is 6.92 Å². The highest BCUT2D eigenvalue weighted by Gasteiger charge is 2.26. The number of rotatable bonds is 5. The summed E-state index contributed by atoms with van der Waals surface area (Å²) in [6, 6.07) is 1.80. The lowest BCUT2D eigenvalue weighted by Crippen LogP contribution is -2.39. The molecule has 0 aromatic carbocycles. The summed E-state index contributed by atoms with van der Waals surface area (Å²) in [4.78, 5) is 20.2. The molecule has 1 amide bonds. The Morgan fingerprint density at radius 3 is 2.67 bits per heavy atom. The molecular weight excluding hydrogens is 296 g/mol. The van der Waals surface area contributed by atoms with Crippen molar-refractivity contribution >= 4 is 27.7 Å². The highest BCUT2D eigenvalue weighted by molar-refractivity contribution is 9.10. The van der Waals surface area contributed by atoms with Crippen molar-refractivity contribution in [1.29, 1.82) is 0 Å². The van der Waals surface area contributed by atoms with Gasteiger partial charge in [0.05, 0.1) is 5.41 Å². The lowest BCUT2D eigenvalue weighted by molar-refractivity contribution is -0.128. The third-order valence-corrected chi connectivity index (χ3v) is 3.02. The number of carbonyl (C=O) groups is 1. The average Bonchev–Trinajstić information content (AvgIpc) is 2.34. The van der Waals surface area contributed by atoms with Gasteiger partial charge in [0.15, 0.2) is 0 Å². The van der Waals surface area contributed by atoms with Crippen LogP contribution in [0.2, 0.25) is 0 Å². The van der Waals surface area contributed by atoms with Crippen molar-refractivity contribution in [2.24, 2.45) is 5.41 Å². The fourth-order valence-corrected chi connectivity index (χ4v) is 1.87. The lowest BCUT2D eigenvalue weighted by Gasteiger charge is -2.23. The minimum absolute atomic E-state index is 0.00108. The zero-order chi connectivity index (χ0) is 13.8. The van der Waals surface area contributed by atoms with Gasteiger partial charge in [-0.3, -0.25) is 4.79 Å². The predicted molar refractivity (Wildman–Crippen MR) is 75.4 cm³/mol. The molecule has 100 valence electrons. The normalized spacial score (nSPS) is 11.2. The van der Waals surface area contributed by atoms with E-state index < -0.39 is 5.41 Å². The van der Waals surface area contributed by atoms with Crippen LogP contribution in [0.4, 0.5) is 5.82 Å². The first kappa shape index (κ1) is 14.9. The Morgan fingerprint density at radius 1 is 1.44 bits per heavy atom. The molecule has 1 aromatic heterocycles. The van der Waals surface area contributed by atoms with E-state index >= 15 is 0 Å². The van der Waals surface area contributed by atoms with Crippen molar-refractivity contribution in [3.63, 3.8) is 0 Å². The number of halogens is 1. The minimum Gasteiger partial charge on any atom is -0.369 e. The molecule has 0 saturated heterocycles. The van der Waals surface area contributed by atoms with Crippen molar-refractivity contribution in [3.8, 4) is 0 Å². The summed E-state index contributed by atoms with van der Waals surface area (Å²) in [6.45, 7) is 6.28. The minimum atomic E-state index is -0.488. The molecular formula is C12H19BrN4O. The van der Waals surface area contributed by atoms with E-state index in [2.05, 4.69) is 36.5 Å². The number of aryl methyl sites for hydroxylation is 1. The number of anilines is 1. The van der Waals surface area contributed by atoms with E-state index in [0.29, 0.717) is 6.54 Å². The van der Waals surface area contributed by atoms with E-state index in [1.54, 1.807) is 13.1 Å². The quantitative estimate of drug-likeness (QED) is 0.816. The Kier molecular flexibility index (Phi) is 5.07. The van der Waals surface area contributed by atoms with Crippen LogP contribution in [0.1, 0.15) is 26.6 Å². The zero-order valence-corrected chi connectivity index (χ0v) is 12.8. The van der Waals surface area contributed by atoms with Crippen LogP contribution >= 0.6 is 15.9 Å². The molecule has 0 unspecified atom stereocenters. The van der Waals surface area contributed by atoms with Crippen LogP contribution in [0.25, 0.3) is 0 Å². The van der Waals surface area contributed by atoms with E-state index in [1.807, 2.05) is 20.8 Å². The van der Waals surface area contributed by atoms with Crippen molar-refractivity contribution in [2.45, 2.75) is 27.2 Å². The second-order valence-electron chi connectivity index (χ2n) is 4.66. The van der Waals surface area contributed by atoms with Crippen LogP contribution in [0, 0.1) is 5.41 Å². The molecule has 1 aromatic rings. The van der Waals surface area contributed by atoms with Gasteiger partial charge in [-0.05, 0) is 29.8 Å². The maximum absolute atomic E-state index is 11.7. The Labute approximate surface area is 116 Å². The van der Waals surface area contributed by atoms with Gasteiger partial charge in [-0.2, -0.15) is 0 Å². The summed E-state index contributed by atoms with van der Waals surface area (Å²) < 4.78 is 0.745. The van der Waals surface area contributed by atoms with Crippen LogP contribution in [-0.2, 0) is 11.2 Å². The van der Waals surface area contributed by atoms with Crippen LogP contribution in [-0.4, -0.2) is 29.5 Å². The smallest absolute Gasteiger partial charge is 0.227 e. The van der Waals surface area contributed by atoms with Gasteiger partial charge < -0.3 is 10.6 Å². The van der Waals surface area contributed by atoms with E-state index in [4.69, 9.17) is 0 Å². The van der Waals surface area contributed by atoms with Crippen molar-refractivity contribution in [2.75, 3.05) is 18.9 Å². The molecule has 0 aliphatic heterocycles. The third-order valence-electron chi connectivity index (χ3n) is 2.61. The van der Waals surface area contributed by atoms with E-state index in [9.17, 15) is 4.79 Å². The zero-order valence-electron chi connectivity index (χ0n) is 11.2. The molecule has 2 N–H and O–H groups in total. The standard InChI is InChI=1S/C12H19BrN4O/c1-5-9-16-8(13)6-10(17-9)15-7-12(2,3)11(18)14-4/h6H,5,7H2,1-4H3,(H,14,18)(H,15,16,17). The monoisotopic (exact) mass is 314 g/mol. The molecule has 0 saturated carbocycles. The van der Waals surface area contributed by atoms with Crippen molar-refractivity contribution < 1.29 is 4.79 Å². The maximum Gasteiger partial charge on any atom is 0.227 e. The van der Waals surface area contributed by atoms with Gasteiger partial charge >= 0.3 is 0 Å². The van der Waals surface area contributed by atoms with Gasteiger partial charge in [-0.15, -0.1) is 0 Å². The van der Waals surface area contributed by atoms with Gasteiger partial charge in [0.2, 0.25) is 5.91 Å². The first-order chi connectivity index (χ1) is 8.39.